The second kappa shape index (κ2) is 5.30. The van der Waals surface area contributed by atoms with Gasteiger partial charge in [-0.1, -0.05) is 36.8 Å². The van der Waals surface area contributed by atoms with Crippen LogP contribution in [0.1, 0.15) is 23.3 Å². The highest BCUT2D eigenvalue weighted by Crippen LogP contribution is 2.27. The second-order valence-electron chi connectivity index (χ2n) is 3.09. The van der Waals surface area contributed by atoms with E-state index < -0.39 is 0 Å². The second-order valence-corrected chi connectivity index (χ2v) is 4.57. The molecule has 0 heterocycles. The van der Waals surface area contributed by atoms with Gasteiger partial charge < -0.3 is 5.73 Å². The first-order valence-electron chi connectivity index (χ1n) is 4.66. The third-order valence-corrected chi connectivity index (χ3v) is 3.20. The summed E-state index contributed by atoms with van der Waals surface area (Å²) in [5, 5.41) is 0.463. The minimum atomic E-state index is 0.463. The standard InChI is InChI=1S/C11H17NS/c1-3-13-11(8-12)10-6-4-5-9(2)7-10/h4-7,11H,3,8,12H2,1-2H3. The highest BCUT2D eigenvalue weighted by molar-refractivity contribution is 7.99. The van der Waals surface area contributed by atoms with E-state index in [1.807, 2.05) is 11.8 Å². The fourth-order valence-corrected chi connectivity index (χ4v) is 2.25. The van der Waals surface area contributed by atoms with Gasteiger partial charge in [0, 0.05) is 11.8 Å². The fraction of sp³-hybridized carbons (Fsp3) is 0.455. The molecule has 2 N–H and O–H groups in total. The summed E-state index contributed by atoms with van der Waals surface area (Å²) in [5.41, 5.74) is 8.39. The van der Waals surface area contributed by atoms with Crippen LogP contribution in [0.5, 0.6) is 0 Å². The quantitative estimate of drug-likeness (QED) is 0.799. The molecule has 13 heavy (non-hydrogen) atoms. The van der Waals surface area contributed by atoms with Gasteiger partial charge in [-0.15, -0.1) is 0 Å². The van der Waals surface area contributed by atoms with Crippen LogP contribution in [0.2, 0.25) is 0 Å². The van der Waals surface area contributed by atoms with E-state index in [2.05, 4.69) is 38.1 Å². The molecule has 0 bridgehead atoms. The molecule has 0 aliphatic heterocycles. The van der Waals surface area contributed by atoms with Gasteiger partial charge in [0.1, 0.15) is 0 Å². The molecule has 1 aromatic carbocycles. The first kappa shape index (κ1) is 10.6. The summed E-state index contributed by atoms with van der Waals surface area (Å²) in [6.45, 7) is 5.01. The SMILES string of the molecule is CCSC(CN)c1cccc(C)c1. The number of thioether (sulfide) groups is 1. The van der Waals surface area contributed by atoms with Crippen LogP contribution in [0.3, 0.4) is 0 Å². The average molecular weight is 195 g/mol. The molecule has 0 aliphatic carbocycles. The van der Waals surface area contributed by atoms with Crippen molar-refractivity contribution in [1.82, 2.24) is 0 Å². The van der Waals surface area contributed by atoms with Crippen LogP contribution >= 0.6 is 11.8 Å². The smallest absolute Gasteiger partial charge is 0.0419 e. The number of hydrogen-bond acceptors (Lipinski definition) is 2. The molecule has 1 nitrogen and oxygen atoms in total. The predicted molar refractivity (Wildman–Crippen MR) is 61.1 cm³/mol. The molecule has 0 amide bonds. The summed E-state index contributed by atoms with van der Waals surface area (Å²) in [6, 6.07) is 8.60. The van der Waals surface area contributed by atoms with Crippen molar-refractivity contribution in [3.05, 3.63) is 35.4 Å². The fourth-order valence-electron chi connectivity index (χ4n) is 1.37. The van der Waals surface area contributed by atoms with Crippen molar-refractivity contribution >= 4 is 11.8 Å². The lowest BCUT2D eigenvalue weighted by atomic mass is 10.1. The van der Waals surface area contributed by atoms with Crippen molar-refractivity contribution in [2.75, 3.05) is 12.3 Å². The Hall–Kier alpha value is -0.470. The summed E-state index contributed by atoms with van der Waals surface area (Å²) in [4.78, 5) is 0. The normalized spacial score (nSPS) is 12.8. The Bertz CT molecular complexity index is 260. The third kappa shape index (κ3) is 3.05. The van der Waals surface area contributed by atoms with Gasteiger partial charge in [-0.05, 0) is 18.2 Å². The van der Waals surface area contributed by atoms with Crippen molar-refractivity contribution in [3.63, 3.8) is 0 Å². The first-order valence-corrected chi connectivity index (χ1v) is 5.71. The van der Waals surface area contributed by atoms with Crippen LogP contribution in [-0.4, -0.2) is 12.3 Å². The van der Waals surface area contributed by atoms with Crippen molar-refractivity contribution in [2.45, 2.75) is 19.1 Å². The van der Waals surface area contributed by atoms with Gasteiger partial charge in [-0.2, -0.15) is 11.8 Å². The Labute approximate surface area is 84.7 Å². The van der Waals surface area contributed by atoms with Crippen LogP contribution in [0.25, 0.3) is 0 Å². The molecular weight excluding hydrogens is 178 g/mol. The minimum absolute atomic E-state index is 0.463. The predicted octanol–water partition coefficient (Wildman–Crippen LogP) is 2.75. The van der Waals surface area contributed by atoms with Gasteiger partial charge in [0.15, 0.2) is 0 Å². The van der Waals surface area contributed by atoms with Crippen LogP contribution < -0.4 is 5.73 Å². The molecule has 0 spiro atoms. The Morgan fingerprint density at radius 2 is 2.23 bits per heavy atom. The van der Waals surface area contributed by atoms with Crippen molar-refractivity contribution in [2.24, 2.45) is 5.73 Å². The maximum absolute atomic E-state index is 5.72. The number of rotatable bonds is 4. The molecule has 1 aromatic rings. The van der Waals surface area contributed by atoms with E-state index in [1.165, 1.54) is 11.1 Å². The van der Waals surface area contributed by atoms with Crippen LogP contribution in [0.15, 0.2) is 24.3 Å². The number of aryl methyl sites for hydroxylation is 1. The number of nitrogens with two attached hydrogens (primary N) is 1. The molecule has 0 radical (unpaired) electrons. The van der Waals surface area contributed by atoms with Gasteiger partial charge in [0.2, 0.25) is 0 Å². The van der Waals surface area contributed by atoms with E-state index in [0.29, 0.717) is 5.25 Å². The molecule has 72 valence electrons. The van der Waals surface area contributed by atoms with Crippen molar-refractivity contribution in [3.8, 4) is 0 Å². The lowest BCUT2D eigenvalue weighted by Gasteiger charge is -2.13. The molecule has 0 saturated carbocycles. The molecule has 0 aliphatic rings. The summed E-state index contributed by atoms with van der Waals surface area (Å²) in [5.74, 6) is 1.12. The highest BCUT2D eigenvalue weighted by Gasteiger charge is 2.08. The molecule has 0 fully saturated rings. The van der Waals surface area contributed by atoms with E-state index in [-0.39, 0.29) is 0 Å². The molecule has 1 unspecified atom stereocenters. The molecular formula is C11H17NS. The monoisotopic (exact) mass is 195 g/mol. The largest absolute Gasteiger partial charge is 0.329 e. The minimum Gasteiger partial charge on any atom is -0.329 e. The topological polar surface area (TPSA) is 26.0 Å². The molecule has 1 atom stereocenters. The van der Waals surface area contributed by atoms with Crippen molar-refractivity contribution < 1.29 is 0 Å². The van der Waals surface area contributed by atoms with Gasteiger partial charge in [0.25, 0.3) is 0 Å². The highest BCUT2D eigenvalue weighted by atomic mass is 32.2. The molecule has 0 aromatic heterocycles. The maximum Gasteiger partial charge on any atom is 0.0419 e. The van der Waals surface area contributed by atoms with Crippen LogP contribution in [0.4, 0.5) is 0 Å². The number of benzene rings is 1. The van der Waals surface area contributed by atoms with E-state index in [0.717, 1.165) is 12.3 Å². The van der Waals surface area contributed by atoms with E-state index in [4.69, 9.17) is 5.73 Å². The first-order chi connectivity index (χ1) is 6.27. The summed E-state index contributed by atoms with van der Waals surface area (Å²) >= 11 is 1.91. The summed E-state index contributed by atoms with van der Waals surface area (Å²) in [6.07, 6.45) is 0. The van der Waals surface area contributed by atoms with Gasteiger partial charge in [-0.3, -0.25) is 0 Å². The average Bonchev–Trinajstić information content (AvgIpc) is 2.14. The maximum atomic E-state index is 5.72. The van der Waals surface area contributed by atoms with Gasteiger partial charge >= 0.3 is 0 Å². The lowest BCUT2D eigenvalue weighted by molar-refractivity contribution is 0.940. The summed E-state index contributed by atoms with van der Waals surface area (Å²) < 4.78 is 0. The molecule has 1 rings (SSSR count). The Morgan fingerprint density at radius 1 is 1.46 bits per heavy atom. The lowest BCUT2D eigenvalue weighted by Crippen LogP contribution is -2.09. The van der Waals surface area contributed by atoms with Gasteiger partial charge in [0.05, 0.1) is 0 Å². The van der Waals surface area contributed by atoms with E-state index in [1.54, 1.807) is 0 Å². The van der Waals surface area contributed by atoms with Crippen LogP contribution in [0, 0.1) is 6.92 Å². The zero-order chi connectivity index (χ0) is 9.68. The van der Waals surface area contributed by atoms with Crippen molar-refractivity contribution in [1.29, 1.82) is 0 Å². The Morgan fingerprint density at radius 3 is 2.77 bits per heavy atom. The Balaban J connectivity index is 2.78. The van der Waals surface area contributed by atoms with Gasteiger partial charge in [-0.25, -0.2) is 0 Å². The Kier molecular flexibility index (Phi) is 4.33. The number of hydrogen-bond donors (Lipinski definition) is 1. The molecule has 2 heteroatoms. The summed E-state index contributed by atoms with van der Waals surface area (Å²) in [7, 11) is 0. The zero-order valence-corrected chi connectivity index (χ0v) is 9.10. The van der Waals surface area contributed by atoms with Crippen LogP contribution in [-0.2, 0) is 0 Å². The third-order valence-electron chi connectivity index (χ3n) is 2.00. The van der Waals surface area contributed by atoms with E-state index >= 15 is 0 Å². The molecule has 0 saturated heterocycles. The zero-order valence-electron chi connectivity index (χ0n) is 8.29. The van der Waals surface area contributed by atoms with E-state index in [9.17, 15) is 0 Å².